The van der Waals surface area contributed by atoms with Gasteiger partial charge in [-0.2, -0.15) is 5.10 Å². The van der Waals surface area contributed by atoms with E-state index in [-0.39, 0.29) is 24.5 Å². The molecule has 1 atom stereocenters. The summed E-state index contributed by atoms with van der Waals surface area (Å²) in [7, 11) is 0. The third-order valence-electron chi connectivity index (χ3n) is 4.34. The zero-order valence-corrected chi connectivity index (χ0v) is 16.1. The number of carbonyl (C=O) groups is 2. The zero-order valence-electron chi connectivity index (χ0n) is 16.1. The fourth-order valence-corrected chi connectivity index (χ4v) is 2.69. The van der Waals surface area contributed by atoms with Crippen LogP contribution in [-0.4, -0.2) is 30.9 Å². The van der Waals surface area contributed by atoms with Crippen molar-refractivity contribution >= 4 is 18.0 Å². The summed E-state index contributed by atoms with van der Waals surface area (Å²) in [5, 5.41) is 6.75. The molecule has 0 bridgehead atoms. The van der Waals surface area contributed by atoms with Gasteiger partial charge in [0.05, 0.1) is 6.21 Å². The molecule has 1 aliphatic heterocycles. The van der Waals surface area contributed by atoms with Crippen LogP contribution in [0.3, 0.4) is 0 Å². The molecule has 0 fully saturated rings. The molecule has 0 aromatic heterocycles. The Morgan fingerprint density at radius 1 is 1.07 bits per heavy atom. The summed E-state index contributed by atoms with van der Waals surface area (Å²) < 4.78 is 10.5. The van der Waals surface area contributed by atoms with Gasteiger partial charge in [0.25, 0.3) is 11.8 Å². The van der Waals surface area contributed by atoms with Crippen LogP contribution in [0.1, 0.15) is 35.3 Å². The monoisotopic (exact) mass is 381 g/mol. The highest BCUT2D eigenvalue weighted by Crippen LogP contribution is 2.32. The van der Waals surface area contributed by atoms with Crippen molar-refractivity contribution in [1.29, 1.82) is 0 Å². The second-order valence-corrected chi connectivity index (χ2v) is 6.91. The van der Waals surface area contributed by atoms with Crippen LogP contribution in [0, 0.1) is 12.8 Å². The predicted octanol–water partition coefficient (Wildman–Crippen LogP) is 2.63. The summed E-state index contributed by atoms with van der Waals surface area (Å²) in [6.07, 6.45) is 1.56. The molecule has 146 valence electrons. The Kier molecular flexibility index (Phi) is 5.93. The summed E-state index contributed by atoms with van der Waals surface area (Å²) in [6, 6.07) is 11.9. The van der Waals surface area contributed by atoms with Crippen molar-refractivity contribution in [2.24, 2.45) is 11.0 Å². The largest absolute Gasteiger partial charge is 0.454 e. The van der Waals surface area contributed by atoms with Crippen molar-refractivity contribution in [1.82, 2.24) is 10.7 Å². The van der Waals surface area contributed by atoms with Gasteiger partial charge in [0.2, 0.25) is 6.79 Å². The van der Waals surface area contributed by atoms with Gasteiger partial charge in [-0.1, -0.05) is 43.7 Å². The standard InChI is InChI=1S/C21H23N3O4/c1-13(2)19(21(26)24-22-11-15-6-4-14(3)5-7-15)23-20(25)16-8-9-17-18(10-16)28-12-27-17/h4-11,13,19H,12H2,1-3H3,(H,23,25)(H,24,26). The molecule has 0 radical (unpaired) electrons. The lowest BCUT2D eigenvalue weighted by molar-refractivity contribution is -0.123. The second kappa shape index (κ2) is 8.56. The first-order valence-corrected chi connectivity index (χ1v) is 9.04. The van der Waals surface area contributed by atoms with Crippen LogP contribution in [0.15, 0.2) is 47.6 Å². The summed E-state index contributed by atoms with van der Waals surface area (Å²) in [5.74, 6) is 0.246. The number of nitrogens with one attached hydrogen (secondary N) is 2. The number of rotatable bonds is 6. The highest BCUT2D eigenvalue weighted by Gasteiger charge is 2.25. The summed E-state index contributed by atoms with van der Waals surface area (Å²) >= 11 is 0. The first-order valence-electron chi connectivity index (χ1n) is 9.04. The molecule has 2 amide bonds. The van der Waals surface area contributed by atoms with Gasteiger partial charge in [-0.25, -0.2) is 5.43 Å². The number of ether oxygens (including phenoxy) is 2. The van der Waals surface area contributed by atoms with Gasteiger partial charge in [0.1, 0.15) is 6.04 Å². The van der Waals surface area contributed by atoms with Crippen LogP contribution < -0.4 is 20.2 Å². The zero-order chi connectivity index (χ0) is 20.1. The molecule has 7 nitrogen and oxygen atoms in total. The van der Waals surface area contributed by atoms with Crippen LogP contribution in [0.4, 0.5) is 0 Å². The number of nitrogens with zero attached hydrogens (tertiary/aromatic N) is 1. The molecule has 0 aliphatic carbocycles. The molecular weight excluding hydrogens is 358 g/mol. The van der Waals surface area contributed by atoms with Gasteiger partial charge >= 0.3 is 0 Å². The van der Waals surface area contributed by atoms with E-state index >= 15 is 0 Å². The topological polar surface area (TPSA) is 89.0 Å². The predicted molar refractivity (Wildman–Crippen MR) is 106 cm³/mol. The van der Waals surface area contributed by atoms with Crippen LogP contribution in [0.5, 0.6) is 11.5 Å². The molecule has 1 unspecified atom stereocenters. The van der Waals surface area contributed by atoms with E-state index in [1.807, 2.05) is 45.0 Å². The minimum absolute atomic E-state index is 0.118. The van der Waals surface area contributed by atoms with E-state index in [9.17, 15) is 9.59 Å². The quantitative estimate of drug-likeness (QED) is 0.595. The molecule has 3 rings (SSSR count). The van der Waals surface area contributed by atoms with Gasteiger partial charge in [0, 0.05) is 5.56 Å². The number of carbonyl (C=O) groups excluding carboxylic acids is 2. The van der Waals surface area contributed by atoms with Crippen LogP contribution >= 0.6 is 0 Å². The Bertz CT molecular complexity index is 891. The van der Waals surface area contributed by atoms with E-state index in [0.29, 0.717) is 17.1 Å². The summed E-state index contributed by atoms with van der Waals surface area (Å²) in [6.45, 7) is 5.84. The van der Waals surface area contributed by atoms with Crippen LogP contribution in [-0.2, 0) is 4.79 Å². The van der Waals surface area contributed by atoms with Crippen molar-refractivity contribution in [3.8, 4) is 11.5 Å². The number of aryl methyl sites for hydroxylation is 1. The van der Waals surface area contributed by atoms with Gasteiger partial charge in [-0.05, 0) is 36.6 Å². The maximum Gasteiger partial charge on any atom is 0.262 e. The molecule has 0 saturated carbocycles. The van der Waals surface area contributed by atoms with Crippen LogP contribution in [0.2, 0.25) is 0 Å². The minimum atomic E-state index is -0.729. The highest BCUT2D eigenvalue weighted by atomic mass is 16.7. The SMILES string of the molecule is Cc1ccc(C=NNC(=O)C(NC(=O)c2ccc3c(c2)OCO3)C(C)C)cc1. The molecule has 0 spiro atoms. The summed E-state index contributed by atoms with van der Waals surface area (Å²) in [4.78, 5) is 25.1. The average Bonchev–Trinajstić information content (AvgIpc) is 3.14. The lowest BCUT2D eigenvalue weighted by Crippen LogP contribution is -2.48. The fraction of sp³-hybridized carbons (Fsp3) is 0.286. The minimum Gasteiger partial charge on any atom is -0.454 e. The number of amides is 2. The van der Waals surface area contributed by atoms with Crippen molar-refractivity contribution in [2.45, 2.75) is 26.8 Å². The summed E-state index contributed by atoms with van der Waals surface area (Å²) in [5.41, 5.74) is 4.91. The number of hydrogen-bond acceptors (Lipinski definition) is 5. The molecule has 7 heteroatoms. The van der Waals surface area contributed by atoms with Gasteiger partial charge in [-0.3, -0.25) is 9.59 Å². The Balaban J connectivity index is 1.62. The smallest absolute Gasteiger partial charge is 0.262 e. The van der Waals surface area contributed by atoms with E-state index in [1.165, 1.54) is 0 Å². The van der Waals surface area contributed by atoms with E-state index in [2.05, 4.69) is 15.8 Å². The Labute approximate surface area is 163 Å². The third kappa shape index (κ3) is 4.68. The highest BCUT2D eigenvalue weighted by molar-refractivity contribution is 5.98. The normalized spacial score (nSPS) is 13.6. The maximum absolute atomic E-state index is 12.6. The first kappa shape index (κ1) is 19.4. The van der Waals surface area contributed by atoms with Crippen molar-refractivity contribution in [3.63, 3.8) is 0 Å². The van der Waals surface area contributed by atoms with E-state index in [4.69, 9.17) is 9.47 Å². The van der Waals surface area contributed by atoms with Gasteiger partial charge in [0.15, 0.2) is 11.5 Å². The molecule has 1 heterocycles. The number of hydrazone groups is 1. The lowest BCUT2D eigenvalue weighted by atomic mass is 10.0. The molecule has 2 aromatic carbocycles. The van der Waals surface area contributed by atoms with Gasteiger partial charge < -0.3 is 14.8 Å². The second-order valence-electron chi connectivity index (χ2n) is 6.91. The lowest BCUT2D eigenvalue weighted by Gasteiger charge is -2.20. The van der Waals surface area contributed by atoms with Crippen molar-refractivity contribution in [3.05, 3.63) is 59.2 Å². The Hall–Kier alpha value is -3.35. The number of hydrogen-bond donors (Lipinski definition) is 2. The molecular formula is C21H23N3O4. The first-order chi connectivity index (χ1) is 13.4. The molecule has 2 aromatic rings. The molecule has 0 saturated heterocycles. The van der Waals surface area contributed by atoms with Crippen molar-refractivity contribution in [2.75, 3.05) is 6.79 Å². The molecule has 2 N–H and O–H groups in total. The van der Waals surface area contributed by atoms with E-state index in [0.717, 1.165) is 11.1 Å². The van der Waals surface area contributed by atoms with E-state index < -0.39 is 6.04 Å². The maximum atomic E-state index is 12.6. The Morgan fingerprint density at radius 3 is 2.50 bits per heavy atom. The fourth-order valence-electron chi connectivity index (χ4n) is 2.69. The molecule has 1 aliphatic rings. The Morgan fingerprint density at radius 2 is 1.79 bits per heavy atom. The number of benzene rings is 2. The van der Waals surface area contributed by atoms with Crippen LogP contribution in [0.25, 0.3) is 0 Å². The van der Waals surface area contributed by atoms with E-state index in [1.54, 1.807) is 24.4 Å². The van der Waals surface area contributed by atoms with Crippen molar-refractivity contribution < 1.29 is 19.1 Å². The third-order valence-corrected chi connectivity index (χ3v) is 4.34. The number of fused-ring (bicyclic) bond motifs is 1. The average molecular weight is 381 g/mol. The molecule has 28 heavy (non-hydrogen) atoms. The van der Waals surface area contributed by atoms with Gasteiger partial charge in [-0.15, -0.1) is 0 Å².